The van der Waals surface area contributed by atoms with Crippen LogP contribution in [0.1, 0.15) is 32.8 Å². The van der Waals surface area contributed by atoms with Crippen LogP contribution < -0.4 is 5.32 Å². The number of amides is 1. The summed E-state index contributed by atoms with van der Waals surface area (Å²) in [5.41, 5.74) is 3.67. The molecule has 2 rings (SSSR count). The number of carbonyl (C=O) groups excluding carboxylic acids is 1. The lowest BCUT2D eigenvalue weighted by molar-refractivity contribution is -0.117. The molecule has 0 saturated heterocycles. The predicted molar refractivity (Wildman–Crippen MR) is 107 cm³/mol. The Morgan fingerprint density at radius 2 is 1.42 bits per heavy atom. The van der Waals surface area contributed by atoms with E-state index in [9.17, 15) is 4.79 Å². The van der Waals surface area contributed by atoms with Crippen molar-refractivity contribution in [2.24, 2.45) is 10.2 Å². The van der Waals surface area contributed by atoms with Crippen molar-refractivity contribution in [1.29, 1.82) is 0 Å². The number of azo groups is 1. The molecule has 5 heteroatoms. The number of nitrogens with one attached hydrogen (secondary N) is 1. The Labute approximate surface area is 156 Å². The highest BCUT2D eigenvalue weighted by Crippen LogP contribution is 2.21. The van der Waals surface area contributed by atoms with Crippen molar-refractivity contribution >= 4 is 23.0 Å². The van der Waals surface area contributed by atoms with E-state index in [1.807, 2.05) is 50.2 Å². The van der Waals surface area contributed by atoms with Crippen LogP contribution >= 0.6 is 0 Å². The van der Waals surface area contributed by atoms with Gasteiger partial charge < -0.3 is 5.32 Å². The summed E-state index contributed by atoms with van der Waals surface area (Å²) in [6.07, 6.45) is 2.22. The topological polar surface area (TPSA) is 57.1 Å². The largest absolute Gasteiger partial charge is 0.325 e. The molecular formula is C21H28N4O. The number of hydrogen-bond donors (Lipinski definition) is 1. The highest BCUT2D eigenvalue weighted by molar-refractivity contribution is 5.92. The highest BCUT2D eigenvalue weighted by atomic mass is 16.2. The summed E-state index contributed by atoms with van der Waals surface area (Å²) < 4.78 is 0. The van der Waals surface area contributed by atoms with Crippen molar-refractivity contribution in [2.75, 3.05) is 25.0 Å². The minimum absolute atomic E-state index is 0.00440. The summed E-state index contributed by atoms with van der Waals surface area (Å²) in [7, 11) is 0. The normalized spacial score (nSPS) is 11.2. The highest BCUT2D eigenvalue weighted by Gasteiger charge is 2.07. The quantitative estimate of drug-likeness (QED) is 0.620. The summed E-state index contributed by atoms with van der Waals surface area (Å²) in [4.78, 5) is 14.1. The first kappa shape index (κ1) is 19.8. The molecule has 0 fully saturated rings. The first-order chi connectivity index (χ1) is 12.6. The van der Waals surface area contributed by atoms with Crippen molar-refractivity contribution in [2.45, 2.75) is 33.6 Å². The van der Waals surface area contributed by atoms with Gasteiger partial charge in [0.25, 0.3) is 0 Å². The van der Waals surface area contributed by atoms with E-state index < -0.39 is 0 Å². The molecule has 2 aromatic carbocycles. The molecule has 0 aromatic heterocycles. The Morgan fingerprint density at radius 3 is 1.92 bits per heavy atom. The molecule has 138 valence electrons. The van der Waals surface area contributed by atoms with E-state index in [0.29, 0.717) is 6.54 Å². The number of aryl methyl sites for hydroxylation is 1. The van der Waals surface area contributed by atoms with Crippen LogP contribution in [-0.2, 0) is 11.2 Å². The predicted octanol–water partition coefficient (Wildman–Crippen LogP) is 5.33. The molecule has 5 nitrogen and oxygen atoms in total. The van der Waals surface area contributed by atoms with Gasteiger partial charge in [0.1, 0.15) is 0 Å². The zero-order chi connectivity index (χ0) is 18.8. The lowest BCUT2D eigenvalue weighted by atomic mass is 10.1. The zero-order valence-electron chi connectivity index (χ0n) is 15.9. The van der Waals surface area contributed by atoms with Gasteiger partial charge in [-0.1, -0.05) is 39.3 Å². The van der Waals surface area contributed by atoms with Crippen molar-refractivity contribution in [3.8, 4) is 0 Å². The Kier molecular flexibility index (Phi) is 7.96. The van der Waals surface area contributed by atoms with E-state index in [0.717, 1.165) is 43.0 Å². The second kappa shape index (κ2) is 10.5. The Morgan fingerprint density at radius 1 is 0.885 bits per heavy atom. The second-order valence-electron chi connectivity index (χ2n) is 6.17. The van der Waals surface area contributed by atoms with Gasteiger partial charge in [-0.2, -0.15) is 10.2 Å². The van der Waals surface area contributed by atoms with Gasteiger partial charge in [-0.15, -0.1) is 0 Å². The molecule has 0 spiro atoms. The van der Waals surface area contributed by atoms with Crippen LogP contribution in [0.5, 0.6) is 0 Å². The van der Waals surface area contributed by atoms with Gasteiger partial charge in [0, 0.05) is 5.69 Å². The third kappa shape index (κ3) is 6.41. The van der Waals surface area contributed by atoms with Crippen LogP contribution in [0.3, 0.4) is 0 Å². The molecule has 0 radical (unpaired) electrons. The second-order valence-corrected chi connectivity index (χ2v) is 6.17. The smallest absolute Gasteiger partial charge is 0.238 e. The van der Waals surface area contributed by atoms with E-state index in [1.54, 1.807) is 0 Å². The maximum atomic E-state index is 12.0. The molecule has 26 heavy (non-hydrogen) atoms. The van der Waals surface area contributed by atoms with Gasteiger partial charge in [-0.3, -0.25) is 9.69 Å². The third-order valence-corrected chi connectivity index (χ3v) is 4.17. The standard InChI is InChI=1S/C21H28N4O/c1-4-7-17-8-10-19(11-9-17)23-24-20-14-12-18(13-15-20)22-21(26)16-25(5-2)6-3/h8-15H,4-7,16H2,1-3H3,(H,22,26). The molecule has 0 saturated carbocycles. The summed E-state index contributed by atoms with van der Waals surface area (Å²) in [5, 5.41) is 11.4. The molecule has 1 amide bonds. The number of likely N-dealkylation sites (N-methyl/N-ethyl adjacent to an activating group) is 1. The molecule has 0 heterocycles. The fourth-order valence-corrected chi connectivity index (χ4v) is 2.60. The molecule has 1 N–H and O–H groups in total. The van der Waals surface area contributed by atoms with Crippen LogP contribution in [0.25, 0.3) is 0 Å². The van der Waals surface area contributed by atoms with Gasteiger partial charge in [-0.25, -0.2) is 0 Å². The summed E-state index contributed by atoms with van der Waals surface area (Å²) in [6.45, 7) is 8.40. The molecular weight excluding hydrogens is 324 g/mol. The molecule has 0 aliphatic rings. The first-order valence-corrected chi connectivity index (χ1v) is 9.27. The Hall–Kier alpha value is -2.53. The van der Waals surface area contributed by atoms with E-state index >= 15 is 0 Å². The number of benzene rings is 2. The number of carbonyl (C=O) groups is 1. The van der Waals surface area contributed by atoms with Gasteiger partial charge >= 0.3 is 0 Å². The molecule has 0 aliphatic heterocycles. The molecule has 0 unspecified atom stereocenters. The molecule has 2 aromatic rings. The number of anilines is 1. The Bertz CT molecular complexity index is 704. The van der Waals surface area contributed by atoms with E-state index in [1.165, 1.54) is 5.56 Å². The monoisotopic (exact) mass is 352 g/mol. The lowest BCUT2D eigenvalue weighted by Crippen LogP contribution is -2.32. The average Bonchev–Trinajstić information content (AvgIpc) is 2.67. The van der Waals surface area contributed by atoms with E-state index in [-0.39, 0.29) is 5.91 Å². The van der Waals surface area contributed by atoms with Crippen molar-refractivity contribution in [3.05, 3.63) is 54.1 Å². The average molecular weight is 352 g/mol. The maximum Gasteiger partial charge on any atom is 0.238 e. The maximum absolute atomic E-state index is 12.0. The third-order valence-electron chi connectivity index (χ3n) is 4.17. The van der Waals surface area contributed by atoms with Crippen molar-refractivity contribution in [3.63, 3.8) is 0 Å². The summed E-state index contributed by atoms with van der Waals surface area (Å²) >= 11 is 0. The van der Waals surface area contributed by atoms with Gasteiger partial charge in [0.15, 0.2) is 0 Å². The zero-order valence-corrected chi connectivity index (χ0v) is 15.9. The van der Waals surface area contributed by atoms with Crippen molar-refractivity contribution < 1.29 is 4.79 Å². The SMILES string of the molecule is CCCc1ccc(N=Nc2ccc(NC(=O)CN(CC)CC)cc2)cc1. The summed E-state index contributed by atoms with van der Waals surface area (Å²) in [6, 6.07) is 15.5. The van der Waals surface area contributed by atoms with E-state index in [2.05, 4.69) is 39.5 Å². The van der Waals surface area contributed by atoms with Crippen LogP contribution in [0.15, 0.2) is 58.8 Å². The van der Waals surface area contributed by atoms with Crippen LogP contribution in [0.2, 0.25) is 0 Å². The van der Waals surface area contributed by atoms with Crippen LogP contribution in [0.4, 0.5) is 17.1 Å². The Balaban J connectivity index is 1.91. The minimum Gasteiger partial charge on any atom is -0.325 e. The molecule has 0 bridgehead atoms. The van der Waals surface area contributed by atoms with Gasteiger partial charge in [-0.05, 0) is 61.5 Å². The van der Waals surface area contributed by atoms with Gasteiger partial charge in [0.2, 0.25) is 5.91 Å². The first-order valence-electron chi connectivity index (χ1n) is 9.27. The minimum atomic E-state index is -0.00440. The number of nitrogens with zero attached hydrogens (tertiary/aromatic N) is 3. The van der Waals surface area contributed by atoms with E-state index in [4.69, 9.17) is 0 Å². The van der Waals surface area contributed by atoms with Crippen molar-refractivity contribution in [1.82, 2.24) is 4.90 Å². The fourth-order valence-electron chi connectivity index (χ4n) is 2.60. The van der Waals surface area contributed by atoms with Crippen LogP contribution in [0, 0.1) is 0 Å². The molecule has 0 atom stereocenters. The molecule has 0 aliphatic carbocycles. The van der Waals surface area contributed by atoms with Crippen LogP contribution in [-0.4, -0.2) is 30.4 Å². The number of rotatable bonds is 9. The van der Waals surface area contributed by atoms with Gasteiger partial charge in [0.05, 0.1) is 17.9 Å². The summed E-state index contributed by atoms with van der Waals surface area (Å²) in [5.74, 6) is -0.00440. The number of hydrogen-bond acceptors (Lipinski definition) is 4. The fraction of sp³-hybridized carbons (Fsp3) is 0.381. The lowest BCUT2D eigenvalue weighted by Gasteiger charge is -2.17.